The molecule has 4 rings (SSSR count). The monoisotopic (exact) mass is 381 g/mol. The van der Waals surface area contributed by atoms with Crippen molar-refractivity contribution in [1.29, 1.82) is 0 Å². The quantitative estimate of drug-likeness (QED) is 0.796. The standard InChI is InChI=1S/C23H28FN3O/c24-21-10-8-20(9-11-21)17-25-13-15-26(16-14-25)23(28)22-7-4-12-27(22)18-19-5-2-1-3-6-19/h1-3,5-6,8-11,22H,4,7,12-18H2. The zero-order valence-corrected chi connectivity index (χ0v) is 16.3. The zero-order valence-electron chi connectivity index (χ0n) is 16.3. The van der Waals surface area contributed by atoms with Crippen molar-refractivity contribution in [3.8, 4) is 0 Å². The van der Waals surface area contributed by atoms with E-state index in [1.807, 2.05) is 23.1 Å². The number of carbonyl (C=O) groups is 1. The van der Waals surface area contributed by atoms with Gasteiger partial charge in [0, 0.05) is 39.3 Å². The van der Waals surface area contributed by atoms with E-state index in [-0.39, 0.29) is 17.8 Å². The number of carbonyl (C=O) groups excluding carboxylic acids is 1. The van der Waals surface area contributed by atoms with Gasteiger partial charge in [0.15, 0.2) is 0 Å². The van der Waals surface area contributed by atoms with E-state index in [9.17, 15) is 9.18 Å². The SMILES string of the molecule is O=C(C1CCCN1Cc1ccccc1)N1CCN(Cc2ccc(F)cc2)CC1. The lowest BCUT2D eigenvalue weighted by Gasteiger charge is -2.37. The van der Waals surface area contributed by atoms with Crippen LogP contribution in [0.4, 0.5) is 4.39 Å². The molecule has 2 aromatic rings. The number of nitrogens with zero attached hydrogens (tertiary/aromatic N) is 3. The summed E-state index contributed by atoms with van der Waals surface area (Å²) in [4.78, 5) is 19.8. The second-order valence-corrected chi connectivity index (χ2v) is 7.84. The highest BCUT2D eigenvalue weighted by atomic mass is 19.1. The van der Waals surface area contributed by atoms with E-state index in [2.05, 4.69) is 34.1 Å². The predicted octanol–water partition coefficient (Wildman–Crippen LogP) is 3.13. The van der Waals surface area contributed by atoms with Crippen molar-refractivity contribution < 1.29 is 9.18 Å². The second kappa shape index (κ2) is 8.84. The summed E-state index contributed by atoms with van der Waals surface area (Å²) in [6.07, 6.45) is 2.05. The Morgan fingerprint density at radius 3 is 2.25 bits per heavy atom. The van der Waals surface area contributed by atoms with Gasteiger partial charge in [0.1, 0.15) is 5.82 Å². The third-order valence-electron chi connectivity index (χ3n) is 5.88. The van der Waals surface area contributed by atoms with Crippen molar-refractivity contribution in [2.24, 2.45) is 0 Å². The van der Waals surface area contributed by atoms with E-state index >= 15 is 0 Å². The maximum Gasteiger partial charge on any atom is 0.240 e. The first-order valence-electron chi connectivity index (χ1n) is 10.2. The number of likely N-dealkylation sites (tertiary alicyclic amines) is 1. The summed E-state index contributed by atoms with van der Waals surface area (Å²) in [5.74, 6) is 0.0886. The molecule has 2 fully saturated rings. The van der Waals surface area contributed by atoms with E-state index in [0.717, 1.165) is 64.2 Å². The van der Waals surface area contributed by atoms with Crippen LogP contribution in [0.3, 0.4) is 0 Å². The number of piperazine rings is 1. The molecule has 0 aromatic heterocycles. The first-order chi connectivity index (χ1) is 13.7. The van der Waals surface area contributed by atoms with Gasteiger partial charge in [-0.25, -0.2) is 4.39 Å². The molecule has 0 N–H and O–H groups in total. The Morgan fingerprint density at radius 2 is 1.54 bits per heavy atom. The molecule has 0 radical (unpaired) electrons. The molecule has 2 aliphatic heterocycles. The topological polar surface area (TPSA) is 26.8 Å². The van der Waals surface area contributed by atoms with E-state index in [1.165, 1.54) is 17.7 Å². The van der Waals surface area contributed by atoms with Crippen LogP contribution in [0.25, 0.3) is 0 Å². The lowest BCUT2D eigenvalue weighted by molar-refractivity contribution is -0.138. The van der Waals surface area contributed by atoms with Gasteiger partial charge in [0.05, 0.1) is 6.04 Å². The molecular formula is C23H28FN3O. The van der Waals surface area contributed by atoms with E-state index in [4.69, 9.17) is 0 Å². The highest BCUT2D eigenvalue weighted by Crippen LogP contribution is 2.22. The Labute approximate surface area is 166 Å². The predicted molar refractivity (Wildman–Crippen MR) is 108 cm³/mol. The molecule has 0 spiro atoms. The fourth-order valence-corrected chi connectivity index (χ4v) is 4.30. The van der Waals surface area contributed by atoms with Gasteiger partial charge in [-0.05, 0) is 42.6 Å². The molecule has 1 atom stereocenters. The highest BCUT2D eigenvalue weighted by molar-refractivity contribution is 5.82. The van der Waals surface area contributed by atoms with Crippen molar-refractivity contribution in [3.63, 3.8) is 0 Å². The summed E-state index contributed by atoms with van der Waals surface area (Å²) in [5.41, 5.74) is 2.39. The number of halogens is 1. The van der Waals surface area contributed by atoms with E-state index in [1.54, 1.807) is 0 Å². The van der Waals surface area contributed by atoms with Crippen molar-refractivity contribution in [2.45, 2.75) is 32.0 Å². The third kappa shape index (κ3) is 4.59. The number of hydrogen-bond donors (Lipinski definition) is 0. The summed E-state index contributed by atoms with van der Waals surface area (Å²) in [5, 5.41) is 0. The van der Waals surface area contributed by atoms with Crippen LogP contribution in [-0.4, -0.2) is 59.4 Å². The molecule has 2 saturated heterocycles. The maximum absolute atomic E-state index is 13.1. The maximum atomic E-state index is 13.1. The van der Waals surface area contributed by atoms with Crippen LogP contribution in [0.1, 0.15) is 24.0 Å². The normalized spacial score (nSPS) is 21.2. The summed E-state index contributed by atoms with van der Waals surface area (Å²) in [7, 11) is 0. The Bertz CT molecular complexity index is 772. The smallest absolute Gasteiger partial charge is 0.240 e. The Hall–Kier alpha value is -2.24. The summed E-state index contributed by atoms with van der Waals surface area (Å²) < 4.78 is 13.1. The Balaban J connectivity index is 1.30. The van der Waals surface area contributed by atoms with E-state index < -0.39 is 0 Å². The van der Waals surface area contributed by atoms with Gasteiger partial charge >= 0.3 is 0 Å². The summed E-state index contributed by atoms with van der Waals surface area (Å²) in [6, 6.07) is 17.1. The van der Waals surface area contributed by atoms with Gasteiger partial charge in [-0.2, -0.15) is 0 Å². The van der Waals surface area contributed by atoms with Gasteiger partial charge in [-0.3, -0.25) is 14.6 Å². The molecule has 1 amide bonds. The third-order valence-corrected chi connectivity index (χ3v) is 5.88. The number of rotatable bonds is 5. The van der Waals surface area contributed by atoms with Crippen LogP contribution < -0.4 is 0 Å². The first kappa shape index (κ1) is 19.1. The minimum absolute atomic E-state index is 0.0175. The van der Waals surface area contributed by atoms with Crippen molar-refractivity contribution in [2.75, 3.05) is 32.7 Å². The molecule has 1 unspecified atom stereocenters. The van der Waals surface area contributed by atoms with Crippen LogP contribution in [0.2, 0.25) is 0 Å². The summed E-state index contributed by atoms with van der Waals surface area (Å²) in [6.45, 7) is 5.94. The van der Waals surface area contributed by atoms with Gasteiger partial charge in [0.2, 0.25) is 5.91 Å². The molecule has 5 heteroatoms. The largest absolute Gasteiger partial charge is 0.339 e. The van der Waals surface area contributed by atoms with Crippen molar-refractivity contribution in [3.05, 3.63) is 71.5 Å². The molecule has 2 aromatic carbocycles. The van der Waals surface area contributed by atoms with Crippen LogP contribution in [0.15, 0.2) is 54.6 Å². The molecule has 0 bridgehead atoms. The fourth-order valence-electron chi connectivity index (χ4n) is 4.30. The van der Waals surface area contributed by atoms with Crippen molar-refractivity contribution in [1.82, 2.24) is 14.7 Å². The molecule has 0 aliphatic carbocycles. The van der Waals surface area contributed by atoms with Gasteiger partial charge < -0.3 is 4.90 Å². The number of hydrogen-bond acceptors (Lipinski definition) is 3. The average Bonchev–Trinajstić information content (AvgIpc) is 3.18. The van der Waals surface area contributed by atoms with Crippen LogP contribution >= 0.6 is 0 Å². The van der Waals surface area contributed by atoms with Gasteiger partial charge in [0.25, 0.3) is 0 Å². The van der Waals surface area contributed by atoms with Crippen LogP contribution in [-0.2, 0) is 17.9 Å². The lowest BCUT2D eigenvalue weighted by Crippen LogP contribution is -2.53. The fraction of sp³-hybridized carbons (Fsp3) is 0.435. The molecule has 28 heavy (non-hydrogen) atoms. The number of amides is 1. The highest BCUT2D eigenvalue weighted by Gasteiger charge is 2.34. The van der Waals surface area contributed by atoms with Crippen molar-refractivity contribution >= 4 is 5.91 Å². The lowest BCUT2D eigenvalue weighted by atomic mass is 10.1. The molecule has 4 nitrogen and oxygen atoms in total. The van der Waals surface area contributed by atoms with Crippen LogP contribution in [0.5, 0.6) is 0 Å². The average molecular weight is 381 g/mol. The molecule has 0 saturated carbocycles. The Kier molecular flexibility index (Phi) is 6.03. The molecule has 148 valence electrons. The molecular weight excluding hydrogens is 353 g/mol. The number of benzene rings is 2. The van der Waals surface area contributed by atoms with E-state index in [0.29, 0.717) is 0 Å². The van der Waals surface area contributed by atoms with Gasteiger partial charge in [-0.15, -0.1) is 0 Å². The zero-order chi connectivity index (χ0) is 19.3. The minimum atomic E-state index is -0.198. The second-order valence-electron chi connectivity index (χ2n) is 7.84. The molecule has 2 aliphatic rings. The van der Waals surface area contributed by atoms with Gasteiger partial charge in [-0.1, -0.05) is 42.5 Å². The minimum Gasteiger partial charge on any atom is -0.339 e. The molecule has 2 heterocycles. The Morgan fingerprint density at radius 1 is 0.857 bits per heavy atom. The summed E-state index contributed by atoms with van der Waals surface area (Å²) >= 11 is 0. The van der Waals surface area contributed by atoms with Crippen LogP contribution in [0, 0.1) is 5.82 Å². The first-order valence-corrected chi connectivity index (χ1v) is 10.2.